The summed E-state index contributed by atoms with van der Waals surface area (Å²) in [5.41, 5.74) is 6.47. The van der Waals surface area contributed by atoms with E-state index in [4.69, 9.17) is 17.3 Å². The molecule has 1 heterocycles. The minimum Gasteiger partial charge on any atom is -0.371 e. The first-order valence-corrected chi connectivity index (χ1v) is 5.78. The van der Waals surface area contributed by atoms with Gasteiger partial charge in [0.15, 0.2) is 0 Å². The van der Waals surface area contributed by atoms with E-state index in [1.807, 2.05) is 18.2 Å². The van der Waals surface area contributed by atoms with Crippen LogP contribution in [0.25, 0.3) is 0 Å². The van der Waals surface area contributed by atoms with Crippen LogP contribution in [0.1, 0.15) is 12.8 Å². The van der Waals surface area contributed by atoms with Gasteiger partial charge < -0.3 is 10.6 Å². The molecule has 1 fully saturated rings. The van der Waals surface area contributed by atoms with Gasteiger partial charge in [-0.3, -0.25) is 4.79 Å². The molecular formula is C12H15ClN2O. The Balaban J connectivity index is 2.03. The number of hydrogen-bond donors (Lipinski definition) is 1. The van der Waals surface area contributed by atoms with Crippen LogP contribution in [0.15, 0.2) is 30.3 Å². The number of para-hydroxylation sites is 1. The van der Waals surface area contributed by atoms with Crippen molar-refractivity contribution in [1.82, 2.24) is 0 Å². The summed E-state index contributed by atoms with van der Waals surface area (Å²) >= 11 is 6.16. The highest BCUT2D eigenvalue weighted by atomic mass is 35.5. The zero-order chi connectivity index (χ0) is 11.6. The third kappa shape index (κ3) is 2.14. The van der Waals surface area contributed by atoms with Gasteiger partial charge in [0.05, 0.1) is 0 Å². The summed E-state index contributed by atoms with van der Waals surface area (Å²) in [7, 11) is 0. The highest BCUT2D eigenvalue weighted by Gasteiger charge is 2.37. The molecule has 3 nitrogen and oxygen atoms in total. The molecule has 0 saturated carbocycles. The van der Waals surface area contributed by atoms with E-state index >= 15 is 0 Å². The summed E-state index contributed by atoms with van der Waals surface area (Å²) in [4.78, 5) is 12.6. The fourth-order valence-corrected chi connectivity index (χ4v) is 2.17. The number of rotatable bonds is 2. The van der Waals surface area contributed by atoms with Gasteiger partial charge in [-0.05, 0) is 25.0 Å². The number of piperidine rings is 1. The maximum atomic E-state index is 11.2. The lowest BCUT2D eigenvalue weighted by Gasteiger charge is -2.36. The molecule has 86 valence electrons. The molecule has 1 aromatic rings. The number of hydrogen-bond acceptors (Lipinski definition) is 2. The molecular weight excluding hydrogens is 224 g/mol. The van der Waals surface area contributed by atoms with Crippen LogP contribution in [0.5, 0.6) is 0 Å². The summed E-state index contributed by atoms with van der Waals surface area (Å²) in [6, 6.07) is 10.1. The van der Waals surface area contributed by atoms with Crippen molar-refractivity contribution >= 4 is 23.2 Å². The van der Waals surface area contributed by atoms with Gasteiger partial charge in [-0.2, -0.15) is 0 Å². The van der Waals surface area contributed by atoms with Gasteiger partial charge in [0.2, 0.25) is 5.91 Å². The number of carbonyl (C=O) groups is 1. The maximum absolute atomic E-state index is 11.2. The third-order valence-corrected chi connectivity index (χ3v) is 3.68. The van der Waals surface area contributed by atoms with Gasteiger partial charge in [-0.25, -0.2) is 0 Å². The Hall–Kier alpha value is -1.22. The SMILES string of the molecule is NC(=O)C1(Cl)CCN(c2ccccc2)CC1. The standard InChI is InChI=1S/C12H15ClN2O/c13-12(11(14)16)6-8-15(9-7-12)10-4-2-1-3-5-10/h1-5H,6-9H2,(H2,14,16). The number of primary amides is 1. The Morgan fingerprint density at radius 2 is 1.81 bits per heavy atom. The predicted molar refractivity (Wildman–Crippen MR) is 65.7 cm³/mol. The van der Waals surface area contributed by atoms with Crippen LogP contribution in [0.3, 0.4) is 0 Å². The minimum absolute atomic E-state index is 0.401. The monoisotopic (exact) mass is 238 g/mol. The largest absolute Gasteiger partial charge is 0.371 e. The summed E-state index contributed by atoms with van der Waals surface area (Å²) in [5.74, 6) is -0.401. The van der Waals surface area contributed by atoms with Crippen LogP contribution in [0.4, 0.5) is 5.69 Å². The first-order valence-electron chi connectivity index (χ1n) is 5.41. The molecule has 16 heavy (non-hydrogen) atoms. The second-order valence-electron chi connectivity index (χ2n) is 4.15. The van der Waals surface area contributed by atoms with Crippen molar-refractivity contribution in [3.05, 3.63) is 30.3 Å². The minimum atomic E-state index is -0.842. The molecule has 2 rings (SSSR count). The van der Waals surface area contributed by atoms with E-state index in [1.165, 1.54) is 5.69 Å². The molecule has 0 spiro atoms. The number of carbonyl (C=O) groups excluding carboxylic acids is 1. The Morgan fingerprint density at radius 3 is 2.31 bits per heavy atom. The second-order valence-corrected chi connectivity index (χ2v) is 4.88. The highest BCUT2D eigenvalue weighted by molar-refractivity contribution is 6.34. The van der Waals surface area contributed by atoms with Crippen LogP contribution in [0.2, 0.25) is 0 Å². The van der Waals surface area contributed by atoms with Crippen LogP contribution >= 0.6 is 11.6 Å². The number of amides is 1. The molecule has 1 aliphatic heterocycles. The Kier molecular flexibility index (Phi) is 3.06. The number of alkyl halides is 1. The zero-order valence-electron chi connectivity index (χ0n) is 9.03. The van der Waals surface area contributed by atoms with E-state index in [1.54, 1.807) is 0 Å². The van der Waals surface area contributed by atoms with Gasteiger partial charge in [-0.1, -0.05) is 18.2 Å². The van der Waals surface area contributed by atoms with Crippen molar-refractivity contribution in [2.45, 2.75) is 17.7 Å². The van der Waals surface area contributed by atoms with Crippen molar-refractivity contribution in [3.63, 3.8) is 0 Å². The number of anilines is 1. The second kappa shape index (κ2) is 4.34. The van der Waals surface area contributed by atoms with E-state index in [-0.39, 0.29) is 0 Å². The molecule has 0 bridgehead atoms. The van der Waals surface area contributed by atoms with E-state index in [0.29, 0.717) is 12.8 Å². The molecule has 1 saturated heterocycles. The molecule has 1 aliphatic rings. The van der Waals surface area contributed by atoms with Gasteiger partial charge in [0.25, 0.3) is 0 Å². The van der Waals surface area contributed by atoms with Gasteiger partial charge in [-0.15, -0.1) is 11.6 Å². The fourth-order valence-electron chi connectivity index (χ4n) is 2.00. The first-order chi connectivity index (χ1) is 7.62. The molecule has 0 aliphatic carbocycles. The predicted octanol–water partition coefficient (Wildman–Crippen LogP) is 1.75. The smallest absolute Gasteiger partial charge is 0.238 e. The zero-order valence-corrected chi connectivity index (χ0v) is 9.78. The Labute approximate surface area is 100 Å². The lowest BCUT2D eigenvalue weighted by atomic mass is 9.95. The molecule has 2 N–H and O–H groups in total. The quantitative estimate of drug-likeness (QED) is 0.798. The van der Waals surface area contributed by atoms with Crippen LogP contribution in [0, 0.1) is 0 Å². The fraction of sp³-hybridized carbons (Fsp3) is 0.417. The topological polar surface area (TPSA) is 46.3 Å². The van der Waals surface area contributed by atoms with Crippen molar-refractivity contribution in [2.24, 2.45) is 5.73 Å². The Morgan fingerprint density at radius 1 is 1.25 bits per heavy atom. The van der Waals surface area contributed by atoms with Crippen molar-refractivity contribution in [1.29, 1.82) is 0 Å². The lowest BCUT2D eigenvalue weighted by Crippen LogP contribution is -2.48. The van der Waals surface area contributed by atoms with Crippen molar-refractivity contribution in [3.8, 4) is 0 Å². The molecule has 0 radical (unpaired) electrons. The van der Waals surface area contributed by atoms with Gasteiger partial charge in [0.1, 0.15) is 4.87 Å². The Bertz CT molecular complexity index is 372. The van der Waals surface area contributed by atoms with Crippen LogP contribution in [-0.2, 0) is 4.79 Å². The van der Waals surface area contributed by atoms with E-state index in [0.717, 1.165) is 13.1 Å². The van der Waals surface area contributed by atoms with E-state index < -0.39 is 10.8 Å². The van der Waals surface area contributed by atoms with Crippen molar-refractivity contribution in [2.75, 3.05) is 18.0 Å². The van der Waals surface area contributed by atoms with Crippen LogP contribution in [-0.4, -0.2) is 23.9 Å². The van der Waals surface area contributed by atoms with E-state index in [9.17, 15) is 4.79 Å². The number of benzene rings is 1. The molecule has 1 amide bonds. The van der Waals surface area contributed by atoms with Gasteiger partial charge in [0, 0.05) is 18.8 Å². The molecule has 4 heteroatoms. The van der Waals surface area contributed by atoms with Crippen LogP contribution < -0.4 is 10.6 Å². The average Bonchev–Trinajstić information content (AvgIpc) is 2.31. The summed E-state index contributed by atoms with van der Waals surface area (Å²) in [5, 5.41) is 0. The highest BCUT2D eigenvalue weighted by Crippen LogP contribution is 2.31. The first kappa shape index (κ1) is 11.3. The molecule has 0 unspecified atom stereocenters. The molecule has 0 atom stereocenters. The lowest BCUT2D eigenvalue weighted by molar-refractivity contribution is -0.121. The van der Waals surface area contributed by atoms with Crippen molar-refractivity contribution < 1.29 is 4.79 Å². The summed E-state index contributed by atoms with van der Waals surface area (Å²) < 4.78 is 0. The van der Waals surface area contributed by atoms with Gasteiger partial charge >= 0.3 is 0 Å². The average molecular weight is 239 g/mol. The maximum Gasteiger partial charge on any atom is 0.238 e. The van der Waals surface area contributed by atoms with E-state index in [2.05, 4.69) is 17.0 Å². The number of nitrogens with two attached hydrogens (primary N) is 1. The number of nitrogens with zero attached hydrogens (tertiary/aromatic N) is 1. The normalized spacial score (nSPS) is 19.4. The number of halogens is 1. The summed E-state index contributed by atoms with van der Waals surface area (Å²) in [6.45, 7) is 1.55. The molecule has 1 aromatic carbocycles. The third-order valence-electron chi connectivity index (χ3n) is 3.12. The molecule has 0 aromatic heterocycles. The summed E-state index contributed by atoms with van der Waals surface area (Å²) in [6.07, 6.45) is 1.22.